The van der Waals surface area contributed by atoms with E-state index in [9.17, 15) is 8.78 Å². The molecule has 0 amide bonds. The summed E-state index contributed by atoms with van der Waals surface area (Å²) in [5.41, 5.74) is 1.90. The maximum atomic E-state index is 11.8. The molecule has 0 aliphatic carbocycles. The van der Waals surface area contributed by atoms with Gasteiger partial charge in [0.1, 0.15) is 0 Å². The van der Waals surface area contributed by atoms with Crippen molar-refractivity contribution in [2.75, 3.05) is 5.75 Å². The fourth-order valence-corrected chi connectivity index (χ4v) is 2.19. The van der Waals surface area contributed by atoms with Crippen LogP contribution in [0, 0.1) is 0 Å². The number of nitrogens with one attached hydrogen (secondary N) is 1. The smallest absolute Gasteiger partial charge is 0.266 e. The summed E-state index contributed by atoms with van der Waals surface area (Å²) in [5.74, 6) is 0.582. The average Bonchev–Trinajstić information content (AvgIpc) is 2.84. The molecule has 5 heteroatoms. The van der Waals surface area contributed by atoms with Crippen molar-refractivity contribution in [3.8, 4) is 11.3 Å². The maximum Gasteiger partial charge on any atom is 0.266 e. The van der Waals surface area contributed by atoms with Crippen molar-refractivity contribution in [3.05, 3.63) is 48.7 Å². The number of allylic oxidation sites excluding steroid dienone is 1. The maximum absolute atomic E-state index is 11.8. The molecule has 2 nitrogen and oxygen atoms in total. The molecule has 0 unspecified atom stereocenters. The van der Waals surface area contributed by atoms with Gasteiger partial charge in [-0.2, -0.15) is 8.78 Å². The second-order valence-electron chi connectivity index (χ2n) is 3.59. The second kappa shape index (κ2) is 6.35. The lowest BCUT2D eigenvalue weighted by atomic mass is 10.2. The monoisotopic (exact) mass is 266 g/mol. The van der Waals surface area contributed by atoms with Crippen molar-refractivity contribution >= 4 is 11.8 Å². The van der Waals surface area contributed by atoms with Crippen LogP contribution in [0.5, 0.6) is 0 Å². The molecule has 1 heterocycles. The Balaban J connectivity index is 1.93. The molecule has 0 aliphatic rings. The van der Waals surface area contributed by atoms with Gasteiger partial charge in [0.25, 0.3) is 6.08 Å². The van der Waals surface area contributed by atoms with E-state index in [0.717, 1.165) is 22.5 Å². The minimum Gasteiger partial charge on any atom is -0.339 e. The van der Waals surface area contributed by atoms with Gasteiger partial charge in [-0.05, 0) is 12.5 Å². The third-order valence-corrected chi connectivity index (χ3v) is 3.20. The topological polar surface area (TPSA) is 28.7 Å². The summed E-state index contributed by atoms with van der Waals surface area (Å²) in [4.78, 5) is 7.43. The molecule has 0 aliphatic heterocycles. The predicted molar refractivity (Wildman–Crippen MR) is 69.7 cm³/mol. The zero-order valence-electron chi connectivity index (χ0n) is 9.57. The van der Waals surface area contributed by atoms with E-state index < -0.39 is 6.08 Å². The summed E-state index contributed by atoms with van der Waals surface area (Å²) in [5, 5.41) is 0.751. The lowest BCUT2D eigenvalue weighted by Gasteiger charge is -1.94. The number of aromatic amines is 1. The molecule has 0 saturated carbocycles. The highest BCUT2D eigenvalue weighted by atomic mass is 32.2. The van der Waals surface area contributed by atoms with Crippen LogP contribution in [0.25, 0.3) is 11.3 Å². The number of H-pyrrole nitrogens is 1. The number of benzene rings is 1. The fraction of sp³-hybridized carbons (Fsp3) is 0.154. The highest BCUT2D eigenvalue weighted by Crippen LogP contribution is 2.21. The number of aromatic nitrogens is 2. The first-order chi connectivity index (χ1) is 8.75. The van der Waals surface area contributed by atoms with E-state index in [1.165, 1.54) is 11.8 Å². The number of imidazole rings is 1. The molecule has 0 fully saturated rings. The van der Waals surface area contributed by atoms with Gasteiger partial charge in [-0.25, -0.2) is 4.98 Å². The van der Waals surface area contributed by atoms with E-state index in [0.29, 0.717) is 12.2 Å². The number of halogens is 2. The molecule has 0 radical (unpaired) electrons. The first-order valence-corrected chi connectivity index (χ1v) is 6.49. The van der Waals surface area contributed by atoms with Crippen LogP contribution in [0.1, 0.15) is 6.42 Å². The van der Waals surface area contributed by atoms with E-state index in [4.69, 9.17) is 0 Å². The predicted octanol–water partition coefficient (Wildman–Crippen LogP) is 4.34. The largest absolute Gasteiger partial charge is 0.339 e. The van der Waals surface area contributed by atoms with Gasteiger partial charge in [0.15, 0.2) is 5.16 Å². The van der Waals surface area contributed by atoms with Gasteiger partial charge in [-0.15, -0.1) is 0 Å². The van der Waals surface area contributed by atoms with E-state index in [1.54, 1.807) is 0 Å². The molecular weight excluding hydrogens is 254 g/mol. The Morgan fingerprint density at radius 2 is 2.06 bits per heavy atom. The van der Waals surface area contributed by atoms with Gasteiger partial charge in [0.2, 0.25) is 0 Å². The molecule has 94 valence electrons. The molecule has 2 rings (SSSR count). The highest BCUT2D eigenvalue weighted by Gasteiger charge is 2.03. The van der Waals surface area contributed by atoms with Gasteiger partial charge in [0.05, 0.1) is 5.69 Å². The zero-order chi connectivity index (χ0) is 12.8. The van der Waals surface area contributed by atoms with Crippen molar-refractivity contribution < 1.29 is 8.78 Å². The molecule has 0 spiro atoms. The van der Waals surface area contributed by atoms with Gasteiger partial charge >= 0.3 is 0 Å². The lowest BCUT2D eigenvalue weighted by Crippen LogP contribution is -1.80. The summed E-state index contributed by atoms with van der Waals surface area (Å²) >= 11 is 1.43. The Bertz CT molecular complexity index is 519. The fourth-order valence-electron chi connectivity index (χ4n) is 1.46. The van der Waals surface area contributed by atoms with Gasteiger partial charge < -0.3 is 4.98 Å². The van der Waals surface area contributed by atoms with E-state index in [-0.39, 0.29) is 0 Å². The SMILES string of the molecule is FC(F)=CCCSc1nc(-c2ccccc2)c[nH]1. The quantitative estimate of drug-likeness (QED) is 0.644. The van der Waals surface area contributed by atoms with Gasteiger partial charge in [-0.1, -0.05) is 42.1 Å². The zero-order valence-corrected chi connectivity index (χ0v) is 10.4. The van der Waals surface area contributed by atoms with Crippen LogP contribution in [0.4, 0.5) is 8.78 Å². The van der Waals surface area contributed by atoms with Crippen LogP contribution >= 0.6 is 11.8 Å². The number of rotatable bonds is 5. The van der Waals surface area contributed by atoms with E-state index >= 15 is 0 Å². The minimum absolute atomic E-state index is 0.342. The first-order valence-electron chi connectivity index (χ1n) is 5.50. The Labute approximate surface area is 108 Å². The normalized spacial score (nSPS) is 10.3. The second-order valence-corrected chi connectivity index (χ2v) is 4.67. The van der Waals surface area contributed by atoms with E-state index in [2.05, 4.69) is 9.97 Å². The lowest BCUT2D eigenvalue weighted by molar-refractivity contribution is 0.418. The average molecular weight is 266 g/mol. The number of thioether (sulfide) groups is 1. The Kier molecular flexibility index (Phi) is 4.52. The Hall–Kier alpha value is -1.62. The molecule has 0 atom stereocenters. The third kappa shape index (κ3) is 3.70. The summed E-state index contributed by atoms with van der Waals surface area (Å²) < 4.78 is 23.6. The molecule has 0 saturated heterocycles. The van der Waals surface area contributed by atoms with Crippen molar-refractivity contribution in [2.45, 2.75) is 11.6 Å². The van der Waals surface area contributed by atoms with Crippen LogP contribution in [0.15, 0.2) is 53.8 Å². The molecule has 1 N–H and O–H groups in total. The molecule has 1 aromatic carbocycles. The number of nitrogens with zero attached hydrogens (tertiary/aromatic N) is 1. The molecule has 2 aromatic rings. The van der Waals surface area contributed by atoms with Crippen LogP contribution in [-0.4, -0.2) is 15.7 Å². The number of hydrogen-bond donors (Lipinski definition) is 1. The first kappa shape index (κ1) is 12.8. The molecular formula is C13H12F2N2S. The molecule has 0 bridgehead atoms. The van der Waals surface area contributed by atoms with Crippen LogP contribution in [0.3, 0.4) is 0 Å². The summed E-state index contributed by atoms with van der Waals surface area (Å²) in [6.07, 6.45) is 1.46. The standard InChI is InChI=1S/C13H12F2N2S/c14-12(15)7-4-8-18-13-16-9-11(17-13)10-5-2-1-3-6-10/h1-3,5-7,9H,4,8H2,(H,16,17). The third-order valence-electron chi connectivity index (χ3n) is 2.28. The minimum atomic E-state index is -1.62. The summed E-state index contributed by atoms with van der Waals surface area (Å²) in [6.45, 7) is 0. The molecule has 1 aromatic heterocycles. The Morgan fingerprint density at radius 1 is 1.28 bits per heavy atom. The van der Waals surface area contributed by atoms with Crippen LogP contribution in [-0.2, 0) is 0 Å². The van der Waals surface area contributed by atoms with Crippen LogP contribution in [0.2, 0.25) is 0 Å². The van der Waals surface area contributed by atoms with Crippen molar-refractivity contribution in [1.29, 1.82) is 0 Å². The van der Waals surface area contributed by atoms with Crippen molar-refractivity contribution in [3.63, 3.8) is 0 Å². The summed E-state index contributed by atoms with van der Waals surface area (Å²) in [6, 6.07) is 9.80. The van der Waals surface area contributed by atoms with E-state index in [1.807, 2.05) is 36.5 Å². The Morgan fingerprint density at radius 3 is 2.78 bits per heavy atom. The summed E-state index contributed by atoms with van der Waals surface area (Å²) in [7, 11) is 0. The highest BCUT2D eigenvalue weighted by molar-refractivity contribution is 7.99. The van der Waals surface area contributed by atoms with Gasteiger partial charge in [0, 0.05) is 17.5 Å². The van der Waals surface area contributed by atoms with Gasteiger partial charge in [-0.3, -0.25) is 0 Å². The molecule has 18 heavy (non-hydrogen) atoms. The number of hydrogen-bond acceptors (Lipinski definition) is 2. The van der Waals surface area contributed by atoms with Crippen LogP contribution < -0.4 is 0 Å². The van der Waals surface area contributed by atoms with Crippen molar-refractivity contribution in [1.82, 2.24) is 9.97 Å². The van der Waals surface area contributed by atoms with Crippen molar-refractivity contribution in [2.24, 2.45) is 0 Å².